The van der Waals surface area contributed by atoms with Gasteiger partial charge in [-0.05, 0) is 29.2 Å². The lowest BCUT2D eigenvalue weighted by Crippen LogP contribution is -2.21. The summed E-state index contributed by atoms with van der Waals surface area (Å²) in [5.41, 5.74) is 7.33. The third-order valence-corrected chi connectivity index (χ3v) is 3.04. The molecule has 0 bridgehead atoms. The second kappa shape index (κ2) is 6.10. The molecule has 1 aromatic carbocycles. The predicted octanol–water partition coefficient (Wildman–Crippen LogP) is 3.56. The number of nitrogen functional groups attached to an aromatic ring is 1. The van der Waals surface area contributed by atoms with Crippen molar-refractivity contribution in [3.05, 3.63) is 41.5 Å². The van der Waals surface area contributed by atoms with Crippen molar-refractivity contribution in [2.24, 2.45) is 5.41 Å². The minimum atomic E-state index is -0.212. The molecule has 2 N–H and O–H groups in total. The third kappa shape index (κ3) is 3.92. The monoisotopic (exact) mass is 287 g/mol. The molecule has 1 unspecified atom stereocenters. The minimum absolute atomic E-state index is 0.104. The first-order valence-corrected chi connectivity index (χ1v) is 6.80. The molecule has 5 heteroatoms. The first-order valence-electron chi connectivity index (χ1n) is 6.80. The van der Waals surface area contributed by atoms with Gasteiger partial charge in [-0.15, -0.1) is 0 Å². The molecule has 0 amide bonds. The summed E-state index contributed by atoms with van der Waals surface area (Å²) in [4.78, 5) is 4.36. The van der Waals surface area contributed by atoms with Crippen LogP contribution in [0.4, 0.5) is 5.69 Å². The maximum absolute atomic E-state index is 5.74. The van der Waals surface area contributed by atoms with Crippen molar-refractivity contribution in [1.29, 1.82) is 0 Å². The van der Waals surface area contributed by atoms with E-state index in [9.17, 15) is 0 Å². The molecule has 0 saturated heterocycles. The van der Waals surface area contributed by atoms with Crippen LogP contribution in [-0.4, -0.2) is 17.3 Å². The highest BCUT2D eigenvalue weighted by Gasteiger charge is 2.30. The summed E-state index contributed by atoms with van der Waals surface area (Å²) in [5.74, 6) is 0.996. The van der Waals surface area contributed by atoms with E-state index >= 15 is 0 Å². The zero-order valence-electron chi connectivity index (χ0n) is 12.8. The van der Waals surface area contributed by atoms with Gasteiger partial charge in [0.2, 0.25) is 5.82 Å². The largest absolute Gasteiger partial charge is 0.399 e. The highest BCUT2D eigenvalue weighted by atomic mass is 16.5. The van der Waals surface area contributed by atoms with Gasteiger partial charge in [0.1, 0.15) is 6.10 Å². The number of ether oxygens (including phenoxy) is 1. The van der Waals surface area contributed by atoms with Crippen molar-refractivity contribution in [2.75, 3.05) is 12.8 Å². The van der Waals surface area contributed by atoms with Crippen LogP contribution in [-0.2, 0) is 4.74 Å². The summed E-state index contributed by atoms with van der Waals surface area (Å²) in [7, 11) is 1.65. The SMILES string of the molecule is COC(c1noc(/C=C/c2cccc(N)c2)n1)C(C)(C)C. The summed E-state index contributed by atoms with van der Waals surface area (Å²) in [6, 6.07) is 7.57. The van der Waals surface area contributed by atoms with Gasteiger partial charge >= 0.3 is 0 Å². The molecular weight excluding hydrogens is 266 g/mol. The van der Waals surface area contributed by atoms with Crippen LogP contribution in [0.25, 0.3) is 12.2 Å². The standard InChI is InChI=1S/C16H21N3O2/c1-16(2,3)14(20-4)15-18-13(21-19-15)9-8-11-6-5-7-12(17)10-11/h5-10,14H,17H2,1-4H3/b9-8+. The van der Waals surface area contributed by atoms with E-state index in [1.807, 2.05) is 30.3 Å². The van der Waals surface area contributed by atoms with Crippen LogP contribution in [0, 0.1) is 5.41 Å². The van der Waals surface area contributed by atoms with E-state index in [4.69, 9.17) is 15.0 Å². The first-order chi connectivity index (χ1) is 9.90. The van der Waals surface area contributed by atoms with E-state index in [-0.39, 0.29) is 11.5 Å². The number of nitrogens with zero attached hydrogens (tertiary/aromatic N) is 2. The lowest BCUT2D eigenvalue weighted by Gasteiger charge is -2.26. The van der Waals surface area contributed by atoms with E-state index < -0.39 is 0 Å². The molecule has 1 atom stereocenters. The molecule has 0 spiro atoms. The maximum atomic E-state index is 5.74. The Kier molecular flexibility index (Phi) is 4.43. The first kappa shape index (κ1) is 15.3. The highest BCUT2D eigenvalue weighted by Crippen LogP contribution is 2.33. The normalized spacial score (nSPS) is 13.7. The Labute approximate surface area is 124 Å². The van der Waals surface area contributed by atoms with E-state index in [2.05, 4.69) is 30.9 Å². The summed E-state index contributed by atoms with van der Waals surface area (Å²) in [5, 5.41) is 4.00. The van der Waals surface area contributed by atoms with E-state index in [0.29, 0.717) is 11.7 Å². The Bertz CT molecular complexity index is 626. The van der Waals surface area contributed by atoms with E-state index in [1.165, 1.54) is 0 Å². The summed E-state index contributed by atoms with van der Waals surface area (Å²) in [6.45, 7) is 6.21. The average molecular weight is 287 g/mol. The van der Waals surface area contributed by atoms with Gasteiger partial charge in [0.05, 0.1) is 0 Å². The van der Waals surface area contributed by atoms with Gasteiger partial charge in [0.25, 0.3) is 5.89 Å². The quantitative estimate of drug-likeness (QED) is 0.870. The average Bonchev–Trinajstić information content (AvgIpc) is 2.84. The van der Waals surface area contributed by atoms with Gasteiger partial charge in [-0.3, -0.25) is 0 Å². The van der Waals surface area contributed by atoms with Crippen molar-refractivity contribution >= 4 is 17.8 Å². The second-order valence-corrected chi connectivity index (χ2v) is 5.98. The number of nitrogens with two attached hydrogens (primary N) is 1. The van der Waals surface area contributed by atoms with E-state index in [1.54, 1.807) is 13.2 Å². The van der Waals surface area contributed by atoms with Crippen LogP contribution in [0.3, 0.4) is 0 Å². The molecule has 0 fully saturated rings. The van der Waals surface area contributed by atoms with Crippen LogP contribution in [0.15, 0.2) is 28.8 Å². The fraction of sp³-hybridized carbons (Fsp3) is 0.375. The number of anilines is 1. The van der Waals surface area contributed by atoms with Gasteiger partial charge in [0.15, 0.2) is 0 Å². The topological polar surface area (TPSA) is 74.2 Å². The van der Waals surface area contributed by atoms with Crippen LogP contribution in [0.2, 0.25) is 0 Å². The Morgan fingerprint density at radius 3 is 2.67 bits per heavy atom. The summed E-state index contributed by atoms with van der Waals surface area (Å²) in [6.07, 6.45) is 3.43. The highest BCUT2D eigenvalue weighted by molar-refractivity contribution is 5.67. The van der Waals surface area contributed by atoms with E-state index in [0.717, 1.165) is 11.3 Å². The summed E-state index contributed by atoms with van der Waals surface area (Å²) < 4.78 is 10.7. The molecule has 21 heavy (non-hydrogen) atoms. The van der Waals surface area contributed by atoms with Gasteiger partial charge in [-0.1, -0.05) is 38.1 Å². The Morgan fingerprint density at radius 1 is 1.29 bits per heavy atom. The van der Waals surface area contributed by atoms with Gasteiger partial charge < -0.3 is 15.0 Å². The van der Waals surface area contributed by atoms with Crippen molar-refractivity contribution in [1.82, 2.24) is 10.1 Å². The zero-order valence-corrected chi connectivity index (χ0v) is 12.8. The Balaban J connectivity index is 2.17. The van der Waals surface area contributed by atoms with Gasteiger partial charge in [-0.25, -0.2) is 0 Å². The molecule has 0 saturated carbocycles. The maximum Gasteiger partial charge on any atom is 0.250 e. The number of methoxy groups -OCH3 is 1. The Morgan fingerprint density at radius 2 is 2.05 bits per heavy atom. The van der Waals surface area contributed by atoms with Gasteiger partial charge in [-0.2, -0.15) is 4.98 Å². The smallest absolute Gasteiger partial charge is 0.250 e. The van der Waals surface area contributed by atoms with Crippen molar-refractivity contribution in [3.63, 3.8) is 0 Å². The number of hydrogen-bond acceptors (Lipinski definition) is 5. The molecule has 0 aliphatic heterocycles. The number of rotatable bonds is 4. The molecular formula is C16H21N3O2. The second-order valence-electron chi connectivity index (χ2n) is 5.98. The zero-order chi connectivity index (χ0) is 15.5. The van der Waals surface area contributed by atoms with Crippen LogP contribution >= 0.6 is 0 Å². The van der Waals surface area contributed by atoms with Crippen molar-refractivity contribution < 1.29 is 9.26 Å². The number of hydrogen-bond donors (Lipinski definition) is 1. The molecule has 5 nitrogen and oxygen atoms in total. The molecule has 0 radical (unpaired) electrons. The minimum Gasteiger partial charge on any atom is -0.399 e. The van der Waals surface area contributed by atoms with Crippen molar-refractivity contribution in [3.8, 4) is 0 Å². The van der Waals surface area contributed by atoms with Crippen LogP contribution in [0.1, 0.15) is 44.2 Å². The molecule has 112 valence electrons. The summed E-state index contributed by atoms with van der Waals surface area (Å²) >= 11 is 0. The fourth-order valence-corrected chi connectivity index (χ4v) is 2.10. The molecule has 2 rings (SSSR count). The fourth-order valence-electron chi connectivity index (χ4n) is 2.10. The Hall–Kier alpha value is -2.14. The molecule has 0 aliphatic rings. The third-order valence-electron chi connectivity index (χ3n) is 3.04. The number of aromatic nitrogens is 2. The molecule has 2 aromatic rings. The van der Waals surface area contributed by atoms with Crippen LogP contribution in [0.5, 0.6) is 0 Å². The molecule has 0 aliphatic carbocycles. The molecule has 1 aromatic heterocycles. The van der Waals surface area contributed by atoms with Gasteiger partial charge in [0, 0.05) is 18.9 Å². The molecule has 1 heterocycles. The van der Waals surface area contributed by atoms with Crippen LogP contribution < -0.4 is 5.73 Å². The van der Waals surface area contributed by atoms with Crippen molar-refractivity contribution in [2.45, 2.75) is 26.9 Å². The number of benzene rings is 1. The predicted molar refractivity (Wildman–Crippen MR) is 83.3 cm³/mol. The lowest BCUT2D eigenvalue weighted by atomic mass is 9.88. The lowest BCUT2D eigenvalue weighted by molar-refractivity contribution is 0.00718.